The first-order valence-electron chi connectivity index (χ1n) is 13.9. The van der Waals surface area contributed by atoms with Gasteiger partial charge in [0.1, 0.15) is 0 Å². The molecule has 0 bridgehead atoms. The number of piperidine rings is 2. The molecule has 0 saturated carbocycles. The lowest BCUT2D eigenvalue weighted by Crippen LogP contribution is -2.37. The molecule has 2 aromatic carbocycles. The molecule has 4 rings (SSSR count). The number of rotatable bonds is 8. The summed E-state index contributed by atoms with van der Waals surface area (Å²) in [5, 5.41) is 17.0. The first kappa shape index (κ1) is 33.2. The SMILES string of the molecule is Cc1ccc(S(=O)(=O)Nc2ccc(N3CCC(CCN4CCCCC4)CC3)c(C(=O)O)c2)c(C)c1.O=C(O)C(F)(F)F. The second kappa shape index (κ2) is 14.2. The summed E-state index contributed by atoms with van der Waals surface area (Å²) in [4.78, 5) is 25.9. The Bertz CT molecular complexity index is 1350. The van der Waals surface area contributed by atoms with Gasteiger partial charge in [-0.25, -0.2) is 18.0 Å². The molecule has 0 amide bonds. The predicted octanol–water partition coefficient (Wildman–Crippen LogP) is 5.53. The largest absolute Gasteiger partial charge is 0.490 e. The van der Waals surface area contributed by atoms with E-state index < -0.39 is 28.1 Å². The molecule has 2 aliphatic heterocycles. The monoisotopic (exact) mass is 613 g/mol. The van der Waals surface area contributed by atoms with Gasteiger partial charge in [0.2, 0.25) is 0 Å². The van der Waals surface area contributed by atoms with Crippen molar-refractivity contribution in [3.05, 3.63) is 53.1 Å². The molecule has 2 aromatic rings. The maximum atomic E-state index is 12.9. The summed E-state index contributed by atoms with van der Waals surface area (Å²) in [5.41, 5.74) is 2.66. The van der Waals surface area contributed by atoms with Crippen LogP contribution >= 0.6 is 0 Å². The smallest absolute Gasteiger partial charge is 0.478 e. The summed E-state index contributed by atoms with van der Waals surface area (Å²) < 4.78 is 60.2. The van der Waals surface area contributed by atoms with E-state index in [0.717, 1.165) is 31.5 Å². The van der Waals surface area contributed by atoms with Crippen LogP contribution in [-0.4, -0.2) is 74.4 Å². The van der Waals surface area contributed by atoms with Crippen molar-refractivity contribution in [3.63, 3.8) is 0 Å². The molecular formula is C29H38F3N3O6S. The molecule has 42 heavy (non-hydrogen) atoms. The Hall–Kier alpha value is -3.32. The number of carboxylic acids is 2. The maximum absolute atomic E-state index is 12.9. The minimum absolute atomic E-state index is 0.123. The third-order valence-electron chi connectivity index (χ3n) is 7.60. The lowest BCUT2D eigenvalue weighted by molar-refractivity contribution is -0.192. The van der Waals surface area contributed by atoms with E-state index in [9.17, 15) is 31.5 Å². The highest BCUT2D eigenvalue weighted by Crippen LogP contribution is 2.31. The third kappa shape index (κ3) is 9.35. The van der Waals surface area contributed by atoms with E-state index in [1.807, 2.05) is 13.0 Å². The first-order valence-corrected chi connectivity index (χ1v) is 15.4. The second-order valence-corrected chi connectivity index (χ2v) is 12.5. The zero-order valence-corrected chi connectivity index (χ0v) is 24.6. The fourth-order valence-electron chi connectivity index (χ4n) is 5.37. The van der Waals surface area contributed by atoms with Crippen LogP contribution in [0.15, 0.2) is 41.3 Å². The van der Waals surface area contributed by atoms with Gasteiger partial charge in [0, 0.05) is 18.8 Å². The fraction of sp³-hybridized carbons (Fsp3) is 0.517. The molecule has 0 radical (unpaired) electrons. The topological polar surface area (TPSA) is 127 Å². The van der Waals surface area contributed by atoms with Crippen LogP contribution in [0.3, 0.4) is 0 Å². The van der Waals surface area contributed by atoms with Gasteiger partial charge in [-0.2, -0.15) is 13.2 Å². The molecule has 13 heteroatoms. The van der Waals surface area contributed by atoms with E-state index >= 15 is 0 Å². The van der Waals surface area contributed by atoms with Crippen molar-refractivity contribution in [2.45, 2.75) is 63.4 Å². The summed E-state index contributed by atoms with van der Waals surface area (Å²) in [6, 6.07) is 9.97. The average molecular weight is 614 g/mol. The Balaban J connectivity index is 0.000000616. The van der Waals surface area contributed by atoms with Gasteiger partial charge >= 0.3 is 18.1 Å². The number of anilines is 2. The van der Waals surface area contributed by atoms with Crippen LogP contribution in [0.5, 0.6) is 0 Å². The molecule has 9 nitrogen and oxygen atoms in total. The lowest BCUT2D eigenvalue weighted by Gasteiger charge is -2.35. The van der Waals surface area contributed by atoms with Crippen LogP contribution < -0.4 is 9.62 Å². The number of aliphatic carboxylic acids is 1. The van der Waals surface area contributed by atoms with Crippen LogP contribution in [0.4, 0.5) is 24.5 Å². The van der Waals surface area contributed by atoms with Crippen molar-refractivity contribution < 1.29 is 41.4 Å². The van der Waals surface area contributed by atoms with Gasteiger partial charge in [-0.05, 0) is 101 Å². The van der Waals surface area contributed by atoms with Crippen molar-refractivity contribution >= 4 is 33.3 Å². The molecule has 3 N–H and O–H groups in total. The van der Waals surface area contributed by atoms with Crippen LogP contribution in [0.1, 0.15) is 60.0 Å². The molecule has 2 heterocycles. The quantitative estimate of drug-likeness (QED) is 0.355. The van der Waals surface area contributed by atoms with Gasteiger partial charge in [0.05, 0.1) is 16.1 Å². The number of nitrogens with zero attached hydrogens (tertiary/aromatic N) is 2. The van der Waals surface area contributed by atoms with Crippen molar-refractivity contribution in [2.75, 3.05) is 42.3 Å². The van der Waals surface area contributed by atoms with Gasteiger partial charge in [0.15, 0.2) is 0 Å². The van der Waals surface area contributed by atoms with Gasteiger partial charge < -0.3 is 20.0 Å². The number of halogens is 3. The third-order valence-corrected chi connectivity index (χ3v) is 9.14. The minimum atomic E-state index is -5.08. The minimum Gasteiger partial charge on any atom is -0.478 e. The van der Waals surface area contributed by atoms with Crippen molar-refractivity contribution in [2.24, 2.45) is 5.92 Å². The number of nitrogens with one attached hydrogen (secondary N) is 1. The number of carboxylic acid groups (broad SMARTS) is 2. The number of hydrogen-bond donors (Lipinski definition) is 3. The number of hydrogen-bond acceptors (Lipinski definition) is 6. The van der Waals surface area contributed by atoms with E-state index in [1.54, 1.807) is 31.2 Å². The fourth-order valence-corrected chi connectivity index (χ4v) is 6.65. The number of likely N-dealkylation sites (tertiary alicyclic amines) is 1. The molecule has 0 unspecified atom stereocenters. The molecular weight excluding hydrogens is 575 g/mol. The number of carbonyl (C=O) groups is 2. The second-order valence-electron chi connectivity index (χ2n) is 10.8. The Kier molecular flexibility index (Phi) is 11.2. The molecule has 2 saturated heterocycles. The average Bonchev–Trinajstić information content (AvgIpc) is 2.92. The highest BCUT2D eigenvalue weighted by Gasteiger charge is 2.38. The van der Waals surface area contributed by atoms with Gasteiger partial charge in [0.25, 0.3) is 10.0 Å². The lowest BCUT2D eigenvalue weighted by atomic mass is 9.92. The van der Waals surface area contributed by atoms with Crippen LogP contribution in [-0.2, 0) is 14.8 Å². The summed E-state index contributed by atoms with van der Waals surface area (Å²) in [7, 11) is -3.82. The molecule has 0 atom stereocenters. The molecule has 0 aliphatic carbocycles. The summed E-state index contributed by atoms with van der Waals surface area (Å²) in [5.74, 6) is -3.14. The highest BCUT2D eigenvalue weighted by atomic mass is 32.2. The van der Waals surface area contributed by atoms with Gasteiger partial charge in [-0.15, -0.1) is 0 Å². The zero-order chi connectivity index (χ0) is 31.1. The standard InChI is InChI=1S/C27H37N3O4S.C2HF3O2/c1-20-6-9-26(21(2)18-20)35(33,34)28-23-7-8-25(24(19-23)27(31)32)30-16-11-22(12-17-30)10-15-29-13-4-3-5-14-29;3-2(4,5)1(6)7/h6-9,18-19,22,28H,3-5,10-17H2,1-2H3,(H,31,32);(H,6,7). The Morgan fingerprint density at radius 3 is 2.12 bits per heavy atom. The first-order chi connectivity index (χ1) is 19.7. The number of aryl methyl sites for hydroxylation is 2. The van der Waals surface area contributed by atoms with E-state index in [4.69, 9.17) is 9.90 Å². The molecule has 232 valence electrons. The van der Waals surface area contributed by atoms with Crippen molar-refractivity contribution in [1.82, 2.24) is 4.90 Å². The van der Waals surface area contributed by atoms with Gasteiger partial charge in [-0.3, -0.25) is 4.72 Å². The van der Waals surface area contributed by atoms with E-state index in [-0.39, 0.29) is 16.1 Å². The van der Waals surface area contributed by atoms with Gasteiger partial charge in [-0.1, -0.05) is 24.1 Å². The number of alkyl halides is 3. The van der Waals surface area contributed by atoms with Crippen molar-refractivity contribution in [1.29, 1.82) is 0 Å². The number of aromatic carboxylic acids is 1. The molecule has 2 fully saturated rings. The Labute approximate surface area is 244 Å². The molecule has 0 aromatic heterocycles. The normalized spacial score (nSPS) is 16.8. The van der Waals surface area contributed by atoms with Crippen LogP contribution in [0.2, 0.25) is 0 Å². The Morgan fingerprint density at radius 2 is 1.57 bits per heavy atom. The van der Waals surface area contributed by atoms with Crippen molar-refractivity contribution in [3.8, 4) is 0 Å². The van der Waals surface area contributed by atoms with E-state index in [0.29, 0.717) is 17.2 Å². The number of benzene rings is 2. The van der Waals surface area contributed by atoms with E-state index in [1.165, 1.54) is 51.4 Å². The van der Waals surface area contributed by atoms with E-state index in [2.05, 4.69) is 14.5 Å². The van der Waals surface area contributed by atoms with Crippen LogP contribution in [0.25, 0.3) is 0 Å². The highest BCUT2D eigenvalue weighted by molar-refractivity contribution is 7.92. The maximum Gasteiger partial charge on any atom is 0.490 e. The van der Waals surface area contributed by atoms with Crippen LogP contribution in [0, 0.1) is 19.8 Å². The summed E-state index contributed by atoms with van der Waals surface area (Å²) in [6.07, 6.45) is 2.20. The summed E-state index contributed by atoms with van der Waals surface area (Å²) >= 11 is 0. The number of sulfonamides is 1. The predicted molar refractivity (Wildman–Crippen MR) is 154 cm³/mol. The molecule has 2 aliphatic rings. The Morgan fingerprint density at radius 1 is 0.952 bits per heavy atom. The summed E-state index contributed by atoms with van der Waals surface area (Å²) in [6.45, 7) is 8.91. The zero-order valence-electron chi connectivity index (χ0n) is 23.8. The molecule has 0 spiro atoms.